The third-order valence-electron chi connectivity index (χ3n) is 3.68. The van der Waals surface area contributed by atoms with Crippen LogP contribution in [0.4, 0.5) is 16.2 Å². The van der Waals surface area contributed by atoms with Gasteiger partial charge in [-0.05, 0) is 31.2 Å². The number of hydrogen-bond acceptors (Lipinski definition) is 5. The molecule has 1 aromatic heterocycles. The zero-order valence-electron chi connectivity index (χ0n) is 15.2. The van der Waals surface area contributed by atoms with Gasteiger partial charge in [0.05, 0.1) is 17.8 Å². The van der Waals surface area contributed by atoms with E-state index in [-0.39, 0.29) is 0 Å². The molecule has 144 valence electrons. The van der Waals surface area contributed by atoms with Gasteiger partial charge in [-0.2, -0.15) is 5.10 Å². The van der Waals surface area contributed by atoms with E-state index in [1.54, 1.807) is 53.1 Å². The standard InChI is InChI=1S/C20H20N4O3S/c1-15(27-20(26)23-16-8-4-2-5-9-16)19(25)22-17-12-21-24(13-17)14-28-18-10-6-3-7-11-18/h2-13,15H,14H2,1H3,(H,22,25)(H,23,26)/t15-/m0/s1. The lowest BCUT2D eigenvalue weighted by atomic mass is 10.3. The Labute approximate surface area is 167 Å². The van der Waals surface area contributed by atoms with Crippen LogP contribution in [0.15, 0.2) is 78.0 Å². The summed E-state index contributed by atoms with van der Waals surface area (Å²) in [5.41, 5.74) is 1.13. The fraction of sp³-hybridized carbons (Fsp3) is 0.150. The summed E-state index contributed by atoms with van der Waals surface area (Å²) in [7, 11) is 0. The summed E-state index contributed by atoms with van der Waals surface area (Å²) in [4.78, 5) is 25.2. The third kappa shape index (κ3) is 5.88. The van der Waals surface area contributed by atoms with Crippen molar-refractivity contribution in [3.05, 3.63) is 73.1 Å². The molecule has 28 heavy (non-hydrogen) atoms. The number of aromatic nitrogens is 2. The van der Waals surface area contributed by atoms with Gasteiger partial charge < -0.3 is 10.1 Å². The maximum Gasteiger partial charge on any atom is 0.412 e. The maximum atomic E-state index is 12.2. The maximum absolute atomic E-state index is 12.2. The van der Waals surface area contributed by atoms with E-state index in [9.17, 15) is 9.59 Å². The molecule has 3 aromatic rings. The summed E-state index contributed by atoms with van der Waals surface area (Å²) in [6.45, 7) is 1.51. The van der Waals surface area contributed by atoms with Crippen molar-refractivity contribution in [1.29, 1.82) is 0 Å². The second-order valence-corrected chi connectivity index (χ2v) is 6.90. The van der Waals surface area contributed by atoms with Crippen LogP contribution in [0.2, 0.25) is 0 Å². The van der Waals surface area contributed by atoms with Crippen molar-refractivity contribution >= 4 is 35.1 Å². The number of anilines is 2. The smallest absolute Gasteiger partial charge is 0.412 e. The van der Waals surface area contributed by atoms with Crippen molar-refractivity contribution in [3.8, 4) is 0 Å². The predicted molar refractivity (Wildman–Crippen MR) is 109 cm³/mol. The van der Waals surface area contributed by atoms with Crippen LogP contribution >= 0.6 is 11.8 Å². The number of rotatable bonds is 7. The average Bonchev–Trinajstić information content (AvgIpc) is 3.15. The number of carbonyl (C=O) groups excluding carboxylic acids is 2. The van der Waals surface area contributed by atoms with Crippen molar-refractivity contribution in [1.82, 2.24) is 9.78 Å². The van der Waals surface area contributed by atoms with E-state index < -0.39 is 18.1 Å². The molecule has 7 nitrogen and oxygen atoms in total. The topological polar surface area (TPSA) is 85.2 Å². The molecule has 0 saturated carbocycles. The molecular weight excluding hydrogens is 376 g/mol. The molecule has 0 spiro atoms. The van der Waals surface area contributed by atoms with E-state index in [0.717, 1.165) is 4.90 Å². The SMILES string of the molecule is C[C@H](OC(=O)Nc1ccccc1)C(=O)Nc1cnn(CSc2ccccc2)c1. The minimum Gasteiger partial charge on any atom is -0.436 e. The Morgan fingerprint density at radius 1 is 1.04 bits per heavy atom. The van der Waals surface area contributed by atoms with Crippen LogP contribution < -0.4 is 10.6 Å². The normalized spacial score (nSPS) is 11.5. The summed E-state index contributed by atoms with van der Waals surface area (Å²) in [5.74, 6) is 0.185. The Kier molecular flexibility index (Phi) is 6.69. The summed E-state index contributed by atoms with van der Waals surface area (Å²) in [5, 5.41) is 9.48. The highest BCUT2D eigenvalue weighted by Crippen LogP contribution is 2.19. The lowest BCUT2D eigenvalue weighted by molar-refractivity contribution is -0.123. The number of nitrogens with zero attached hydrogens (tertiary/aromatic N) is 2. The first-order valence-electron chi connectivity index (χ1n) is 8.64. The van der Waals surface area contributed by atoms with E-state index in [1.165, 1.54) is 6.92 Å². The predicted octanol–water partition coefficient (Wildman–Crippen LogP) is 4.21. The molecule has 2 amide bonds. The van der Waals surface area contributed by atoms with E-state index in [2.05, 4.69) is 15.7 Å². The van der Waals surface area contributed by atoms with E-state index in [4.69, 9.17) is 4.74 Å². The third-order valence-corrected chi connectivity index (χ3v) is 4.68. The highest BCUT2D eigenvalue weighted by Gasteiger charge is 2.18. The largest absolute Gasteiger partial charge is 0.436 e. The van der Waals surface area contributed by atoms with Crippen LogP contribution in [0.25, 0.3) is 0 Å². The molecule has 0 fully saturated rings. The lowest BCUT2D eigenvalue weighted by Crippen LogP contribution is -2.31. The number of ether oxygens (including phenoxy) is 1. The first kappa shape index (κ1) is 19.5. The van der Waals surface area contributed by atoms with Crippen LogP contribution in [-0.4, -0.2) is 27.9 Å². The Balaban J connectivity index is 1.46. The fourth-order valence-corrected chi connectivity index (χ4v) is 3.06. The first-order chi connectivity index (χ1) is 13.6. The van der Waals surface area contributed by atoms with Gasteiger partial charge in [0.25, 0.3) is 5.91 Å². The average molecular weight is 396 g/mol. The molecule has 0 aliphatic heterocycles. The highest BCUT2D eigenvalue weighted by atomic mass is 32.2. The van der Waals surface area contributed by atoms with Crippen molar-refractivity contribution in [2.75, 3.05) is 10.6 Å². The van der Waals surface area contributed by atoms with Gasteiger partial charge in [-0.15, -0.1) is 11.8 Å². The molecule has 8 heteroatoms. The van der Waals surface area contributed by atoms with Gasteiger partial charge in [0.2, 0.25) is 0 Å². The van der Waals surface area contributed by atoms with Crippen molar-refractivity contribution < 1.29 is 14.3 Å². The first-order valence-corrected chi connectivity index (χ1v) is 9.62. The molecule has 0 radical (unpaired) electrons. The number of thioether (sulfide) groups is 1. The van der Waals surface area contributed by atoms with Gasteiger partial charge in [0.15, 0.2) is 6.10 Å². The zero-order chi connectivity index (χ0) is 19.8. The van der Waals surface area contributed by atoms with Crippen molar-refractivity contribution in [2.24, 2.45) is 0 Å². The van der Waals surface area contributed by atoms with E-state index >= 15 is 0 Å². The molecule has 0 saturated heterocycles. The number of hydrogen-bond donors (Lipinski definition) is 2. The summed E-state index contributed by atoms with van der Waals surface area (Å²) >= 11 is 1.63. The van der Waals surface area contributed by atoms with E-state index in [1.807, 2.05) is 36.4 Å². The molecular formula is C20H20N4O3S. The number of amides is 2. The van der Waals surface area contributed by atoms with Gasteiger partial charge in [0.1, 0.15) is 0 Å². The number of para-hydroxylation sites is 1. The van der Waals surface area contributed by atoms with Gasteiger partial charge in [-0.1, -0.05) is 36.4 Å². The number of nitrogens with one attached hydrogen (secondary N) is 2. The molecule has 0 aliphatic rings. The number of benzene rings is 2. The van der Waals surface area contributed by atoms with Crippen LogP contribution in [0, 0.1) is 0 Å². The Hall–Kier alpha value is -3.26. The van der Waals surface area contributed by atoms with Crippen LogP contribution in [-0.2, 0) is 15.4 Å². The van der Waals surface area contributed by atoms with Crippen LogP contribution in [0.5, 0.6) is 0 Å². The molecule has 2 aromatic carbocycles. The number of carbonyl (C=O) groups is 2. The van der Waals surface area contributed by atoms with Crippen LogP contribution in [0.3, 0.4) is 0 Å². The zero-order valence-corrected chi connectivity index (χ0v) is 16.1. The summed E-state index contributed by atoms with van der Waals surface area (Å²) in [6, 6.07) is 18.9. The second-order valence-electron chi connectivity index (χ2n) is 5.88. The van der Waals surface area contributed by atoms with Gasteiger partial charge in [-0.25, -0.2) is 4.79 Å². The van der Waals surface area contributed by atoms with Crippen LogP contribution in [0.1, 0.15) is 6.92 Å². The molecule has 1 heterocycles. The molecule has 0 aliphatic carbocycles. The second kappa shape index (κ2) is 9.61. The van der Waals surface area contributed by atoms with Gasteiger partial charge >= 0.3 is 6.09 Å². The molecule has 1 atom stereocenters. The summed E-state index contributed by atoms with van der Waals surface area (Å²) < 4.78 is 6.83. The fourth-order valence-electron chi connectivity index (χ4n) is 2.28. The molecule has 3 rings (SSSR count). The molecule has 0 unspecified atom stereocenters. The highest BCUT2D eigenvalue weighted by molar-refractivity contribution is 7.98. The van der Waals surface area contributed by atoms with Gasteiger partial charge in [-0.3, -0.25) is 14.8 Å². The van der Waals surface area contributed by atoms with E-state index in [0.29, 0.717) is 17.3 Å². The Morgan fingerprint density at radius 2 is 1.71 bits per heavy atom. The molecule has 2 N–H and O–H groups in total. The minimum atomic E-state index is -0.953. The monoisotopic (exact) mass is 396 g/mol. The minimum absolute atomic E-state index is 0.432. The quantitative estimate of drug-likeness (QED) is 0.585. The lowest BCUT2D eigenvalue weighted by Gasteiger charge is -2.13. The summed E-state index contributed by atoms with van der Waals surface area (Å²) in [6.07, 6.45) is 1.64. The molecule has 0 bridgehead atoms. The van der Waals surface area contributed by atoms with Gasteiger partial charge in [0, 0.05) is 16.8 Å². The Morgan fingerprint density at radius 3 is 2.43 bits per heavy atom. The van der Waals surface area contributed by atoms with Crippen molar-refractivity contribution in [3.63, 3.8) is 0 Å². The van der Waals surface area contributed by atoms with Crippen molar-refractivity contribution in [2.45, 2.75) is 23.8 Å². The Bertz CT molecular complexity index is 915.